The monoisotopic (exact) mass is 434 g/mol. The van der Waals surface area contributed by atoms with E-state index in [0.717, 1.165) is 23.0 Å². The average Bonchev–Trinajstić information content (AvgIpc) is 2.84. The fourth-order valence-corrected chi connectivity index (χ4v) is 3.40. The highest BCUT2D eigenvalue weighted by Gasteiger charge is 2.35. The molecule has 0 saturated carbocycles. The molecule has 0 heterocycles. The van der Waals surface area contributed by atoms with Crippen LogP contribution in [-0.2, 0) is 38.8 Å². The molecule has 0 fully saturated rings. The van der Waals surface area contributed by atoms with Gasteiger partial charge in [0.1, 0.15) is 18.3 Å². The lowest BCUT2D eigenvalue weighted by Crippen LogP contribution is -2.48. The van der Waals surface area contributed by atoms with Gasteiger partial charge in [0.05, 0.1) is 25.9 Å². The molecule has 5 heteroatoms. The quantitative estimate of drug-likeness (QED) is 0.406. The number of carbonyl (C=O) groups excluding carboxylic acids is 1. The second kappa shape index (κ2) is 12.9. The highest BCUT2D eigenvalue weighted by Crippen LogP contribution is 2.20. The summed E-state index contributed by atoms with van der Waals surface area (Å²) in [6.07, 6.45) is -2.61. The van der Waals surface area contributed by atoms with E-state index in [0.29, 0.717) is 0 Å². The maximum absolute atomic E-state index is 12.0. The molecule has 0 bridgehead atoms. The summed E-state index contributed by atoms with van der Waals surface area (Å²) >= 11 is 0. The lowest BCUT2D eigenvalue weighted by molar-refractivity contribution is -0.176. The standard InChI is InChI=1S/C27H30O5/c1-21(29)26(31-19-23-13-7-3-8-14-23)27(32-20-24-15-9-4-10-16-24)25(17-28)30-18-22-11-5-2-6-12-22/h2-17,21,25-27,29H,18-20H2,1H3/t21-,25+,26-,27-/m1/s1. The molecule has 3 rings (SSSR count). The number of aldehydes is 1. The van der Waals surface area contributed by atoms with E-state index in [1.807, 2.05) is 91.0 Å². The molecule has 0 radical (unpaired) electrons. The van der Waals surface area contributed by atoms with Crippen LogP contribution in [-0.4, -0.2) is 35.8 Å². The Hall–Kier alpha value is -2.83. The zero-order valence-corrected chi connectivity index (χ0v) is 18.2. The molecule has 4 atom stereocenters. The van der Waals surface area contributed by atoms with Crippen LogP contribution in [0.3, 0.4) is 0 Å². The molecule has 3 aromatic rings. The molecule has 168 valence electrons. The van der Waals surface area contributed by atoms with Crippen LogP contribution >= 0.6 is 0 Å². The highest BCUT2D eigenvalue weighted by atomic mass is 16.6. The van der Waals surface area contributed by atoms with Crippen molar-refractivity contribution in [3.8, 4) is 0 Å². The number of hydrogen-bond acceptors (Lipinski definition) is 5. The van der Waals surface area contributed by atoms with Crippen molar-refractivity contribution in [1.29, 1.82) is 0 Å². The predicted octanol–water partition coefficient (Wildman–Crippen LogP) is 4.32. The lowest BCUT2D eigenvalue weighted by Gasteiger charge is -2.33. The van der Waals surface area contributed by atoms with Crippen molar-refractivity contribution in [3.05, 3.63) is 108 Å². The fraction of sp³-hybridized carbons (Fsp3) is 0.296. The normalized spacial score (nSPS) is 14.9. The molecule has 0 aromatic heterocycles. The minimum absolute atomic E-state index is 0.251. The lowest BCUT2D eigenvalue weighted by atomic mass is 10.0. The molecule has 0 aliphatic heterocycles. The summed E-state index contributed by atoms with van der Waals surface area (Å²) in [5.41, 5.74) is 2.87. The van der Waals surface area contributed by atoms with Crippen LogP contribution in [0.15, 0.2) is 91.0 Å². The molecule has 1 N–H and O–H groups in total. The Morgan fingerprint density at radius 2 is 1.03 bits per heavy atom. The number of carbonyl (C=O) groups is 1. The summed E-state index contributed by atoms with van der Waals surface area (Å²) in [6.45, 7) is 2.43. The average molecular weight is 435 g/mol. The third kappa shape index (κ3) is 7.39. The smallest absolute Gasteiger partial charge is 0.151 e. The van der Waals surface area contributed by atoms with Crippen LogP contribution in [0.4, 0.5) is 0 Å². The van der Waals surface area contributed by atoms with Crippen molar-refractivity contribution in [2.75, 3.05) is 0 Å². The van der Waals surface area contributed by atoms with Crippen molar-refractivity contribution in [2.45, 2.75) is 51.2 Å². The van der Waals surface area contributed by atoms with Crippen LogP contribution in [0.2, 0.25) is 0 Å². The summed E-state index contributed by atoms with van der Waals surface area (Å²) in [7, 11) is 0. The third-order valence-electron chi connectivity index (χ3n) is 5.11. The minimum Gasteiger partial charge on any atom is -0.391 e. The van der Waals surface area contributed by atoms with Gasteiger partial charge in [-0.2, -0.15) is 0 Å². The summed E-state index contributed by atoms with van der Waals surface area (Å²) in [5.74, 6) is 0. The van der Waals surface area contributed by atoms with Crippen LogP contribution in [0.5, 0.6) is 0 Å². The summed E-state index contributed by atoms with van der Waals surface area (Å²) in [5, 5.41) is 10.5. The number of aliphatic hydroxyl groups excluding tert-OH is 1. The Labute approximate surface area is 189 Å². The zero-order valence-electron chi connectivity index (χ0n) is 18.2. The highest BCUT2D eigenvalue weighted by molar-refractivity contribution is 5.57. The van der Waals surface area contributed by atoms with Crippen molar-refractivity contribution in [3.63, 3.8) is 0 Å². The SMILES string of the molecule is C[C@@H](O)[C@@H](OCc1ccccc1)[C@H](OCc1ccccc1)[C@H](C=O)OCc1ccccc1. The van der Waals surface area contributed by atoms with Gasteiger partial charge in [0, 0.05) is 0 Å². The molecule has 0 aliphatic rings. The first-order valence-electron chi connectivity index (χ1n) is 10.8. The van der Waals surface area contributed by atoms with Gasteiger partial charge in [-0.1, -0.05) is 91.0 Å². The molecular formula is C27H30O5. The Bertz CT molecular complexity index is 899. The second-order valence-electron chi connectivity index (χ2n) is 7.66. The van der Waals surface area contributed by atoms with E-state index >= 15 is 0 Å². The largest absolute Gasteiger partial charge is 0.391 e. The number of ether oxygens (including phenoxy) is 3. The Kier molecular flexibility index (Phi) is 9.60. The van der Waals surface area contributed by atoms with E-state index in [4.69, 9.17) is 14.2 Å². The molecule has 0 spiro atoms. The van der Waals surface area contributed by atoms with Crippen LogP contribution in [0, 0.1) is 0 Å². The van der Waals surface area contributed by atoms with Crippen molar-refractivity contribution >= 4 is 6.29 Å². The van der Waals surface area contributed by atoms with Crippen LogP contribution < -0.4 is 0 Å². The third-order valence-corrected chi connectivity index (χ3v) is 5.11. The van der Waals surface area contributed by atoms with Gasteiger partial charge < -0.3 is 24.1 Å². The Balaban J connectivity index is 1.76. The number of aliphatic hydroxyl groups is 1. The van der Waals surface area contributed by atoms with Gasteiger partial charge in [-0.15, -0.1) is 0 Å². The fourth-order valence-electron chi connectivity index (χ4n) is 3.40. The summed E-state index contributed by atoms with van der Waals surface area (Å²) in [6, 6.07) is 29.0. The van der Waals surface area contributed by atoms with Crippen molar-refractivity contribution < 1.29 is 24.1 Å². The summed E-state index contributed by atoms with van der Waals surface area (Å²) < 4.78 is 18.1. The zero-order chi connectivity index (χ0) is 22.6. The Morgan fingerprint density at radius 3 is 1.41 bits per heavy atom. The number of benzene rings is 3. The van der Waals surface area contributed by atoms with E-state index in [1.165, 1.54) is 0 Å². The maximum Gasteiger partial charge on any atom is 0.151 e. The van der Waals surface area contributed by atoms with E-state index in [-0.39, 0.29) is 19.8 Å². The topological polar surface area (TPSA) is 65.0 Å². The van der Waals surface area contributed by atoms with Gasteiger partial charge in [-0.25, -0.2) is 0 Å². The first kappa shape index (κ1) is 23.8. The molecule has 32 heavy (non-hydrogen) atoms. The van der Waals surface area contributed by atoms with E-state index in [1.54, 1.807) is 6.92 Å². The van der Waals surface area contributed by atoms with Gasteiger partial charge in [0.2, 0.25) is 0 Å². The number of hydrogen-bond donors (Lipinski definition) is 1. The second-order valence-corrected chi connectivity index (χ2v) is 7.66. The van der Waals surface area contributed by atoms with Gasteiger partial charge in [0.15, 0.2) is 6.29 Å². The Morgan fingerprint density at radius 1 is 0.656 bits per heavy atom. The van der Waals surface area contributed by atoms with E-state index in [2.05, 4.69) is 0 Å². The van der Waals surface area contributed by atoms with Crippen molar-refractivity contribution in [1.82, 2.24) is 0 Å². The minimum atomic E-state index is -0.908. The molecular weight excluding hydrogens is 404 g/mol. The van der Waals surface area contributed by atoms with Gasteiger partial charge in [-0.3, -0.25) is 0 Å². The molecule has 0 saturated heterocycles. The van der Waals surface area contributed by atoms with E-state index in [9.17, 15) is 9.90 Å². The predicted molar refractivity (Wildman–Crippen MR) is 123 cm³/mol. The van der Waals surface area contributed by atoms with Crippen LogP contribution in [0.1, 0.15) is 23.6 Å². The van der Waals surface area contributed by atoms with Crippen LogP contribution in [0.25, 0.3) is 0 Å². The van der Waals surface area contributed by atoms with Gasteiger partial charge in [0.25, 0.3) is 0 Å². The molecule has 5 nitrogen and oxygen atoms in total. The summed E-state index contributed by atoms with van der Waals surface area (Å²) in [4.78, 5) is 12.0. The molecule has 0 unspecified atom stereocenters. The first-order valence-corrected chi connectivity index (χ1v) is 10.8. The maximum atomic E-state index is 12.0. The van der Waals surface area contributed by atoms with Gasteiger partial charge >= 0.3 is 0 Å². The van der Waals surface area contributed by atoms with Crippen molar-refractivity contribution in [2.24, 2.45) is 0 Å². The number of rotatable bonds is 13. The molecule has 3 aromatic carbocycles. The van der Waals surface area contributed by atoms with Gasteiger partial charge in [-0.05, 0) is 23.6 Å². The molecule has 0 aliphatic carbocycles. The first-order chi connectivity index (χ1) is 15.7. The van der Waals surface area contributed by atoms with E-state index < -0.39 is 24.4 Å². The molecule has 0 amide bonds.